The Labute approximate surface area is 124 Å². The summed E-state index contributed by atoms with van der Waals surface area (Å²) in [5, 5.41) is 1.17. The van der Waals surface area contributed by atoms with Crippen molar-refractivity contribution in [2.45, 2.75) is 18.2 Å². The van der Waals surface area contributed by atoms with Crippen LogP contribution in [0.25, 0.3) is 0 Å². The molecule has 0 heterocycles. The molecule has 100 valence electrons. The van der Waals surface area contributed by atoms with E-state index in [1.54, 1.807) is 30.3 Å². The van der Waals surface area contributed by atoms with Crippen LogP contribution in [0.3, 0.4) is 0 Å². The maximum atomic E-state index is 11.0. The first-order valence-electron chi connectivity index (χ1n) is 5.60. The minimum atomic E-state index is -2.22. The van der Waals surface area contributed by atoms with Gasteiger partial charge in [0.25, 0.3) is 0 Å². The van der Waals surface area contributed by atoms with Crippen molar-refractivity contribution in [3.8, 4) is 0 Å². The lowest BCUT2D eigenvalue weighted by molar-refractivity contribution is 0.537. The van der Waals surface area contributed by atoms with Crippen LogP contribution in [0, 0.1) is 6.92 Å². The van der Waals surface area contributed by atoms with Gasteiger partial charge in [0.2, 0.25) is 0 Å². The maximum Gasteiger partial charge on any atom is 0.0456 e. The van der Waals surface area contributed by atoms with Gasteiger partial charge in [0.15, 0.2) is 0 Å². The highest BCUT2D eigenvalue weighted by atomic mass is 35.5. The van der Waals surface area contributed by atoms with Crippen molar-refractivity contribution in [2.24, 2.45) is 0 Å². The van der Waals surface area contributed by atoms with Crippen LogP contribution in [0.15, 0.2) is 41.3 Å². The summed E-state index contributed by atoms with van der Waals surface area (Å²) in [6.45, 7) is 1.94. The summed E-state index contributed by atoms with van der Waals surface area (Å²) in [4.78, 5) is 0.283. The van der Waals surface area contributed by atoms with Gasteiger partial charge in [0, 0.05) is 14.9 Å². The lowest BCUT2D eigenvalue weighted by atomic mass is 10.0. The number of aryl methyl sites for hydroxylation is 1. The van der Waals surface area contributed by atoms with Gasteiger partial charge >= 0.3 is 0 Å². The van der Waals surface area contributed by atoms with E-state index in [0.717, 1.165) is 16.7 Å². The Hall–Kier alpha value is -0.870. The third kappa shape index (κ3) is 3.57. The first-order valence-corrected chi connectivity index (χ1v) is 7.43. The number of hydrogen-bond acceptors (Lipinski definition) is 2. The lowest BCUT2D eigenvalue weighted by Crippen LogP contribution is -1.96. The normalized spacial score (nSPS) is 12.4. The van der Waals surface area contributed by atoms with Crippen molar-refractivity contribution < 1.29 is 8.76 Å². The molecule has 0 N–H and O–H groups in total. The average molecular weight is 314 g/mol. The molecule has 0 aliphatic heterocycles. The molecule has 2 aromatic carbocycles. The van der Waals surface area contributed by atoms with Gasteiger partial charge in [-0.05, 0) is 65.4 Å². The first-order chi connectivity index (χ1) is 8.97. The van der Waals surface area contributed by atoms with Gasteiger partial charge in [-0.3, -0.25) is 4.21 Å². The van der Waals surface area contributed by atoms with Crippen LogP contribution in [0.5, 0.6) is 0 Å². The van der Waals surface area contributed by atoms with Gasteiger partial charge < -0.3 is 4.55 Å². The highest BCUT2D eigenvalue weighted by Crippen LogP contribution is 2.25. The fourth-order valence-corrected chi connectivity index (χ4v) is 2.71. The summed E-state index contributed by atoms with van der Waals surface area (Å²) in [7, 11) is 0. The Morgan fingerprint density at radius 1 is 1.11 bits per heavy atom. The molecule has 5 heteroatoms. The molecule has 1 atom stereocenters. The van der Waals surface area contributed by atoms with Gasteiger partial charge in [-0.25, -0.2) is 0 Å². The molecule has 0 aromatic heterocycles. The van der Waals surface area contributed by atoms with Crippen LogP contribution < -0.4 is 0 Å². The second kappa shape index (κ2) is 6.06. The van der Waals surface area contributed by atoms with E-state index in [1.165, 1.54) is 0 Å². The largest absolute Gasteiger partial charge is 0.768 e. The molecular formula is C14H11Cl2O2S-. The van der Waals surface area contributed by atoms with Gasteiger partial charge in [0.1, 0.15) is 0 Å². The molecule has 0 fully saturated rings. The predicted molar refractivity (Wildman–Crippen MR) is 77.6 cm³/mol. The van der Waals surface area contributed by atoms with Crippen molar-refractivity contribution in [2.75, 3.05) is 0 Å². The molecular weight excluding hydrogens is 303 g/mol. The smallest absolute Gasteiger partial charge is 0.0456 e. The second-order valence-electron chi connectivity index (χ2n) is 4.24. The highest BCUT2D eigenvalue weighted by molar-refractivity contribution is 7.79. The van der Waals surface area contributed by atoms with Crippen molar-refractivity contribution in [3.63, 3.8) is 0 Å². The monoisotopic (exact) mass is 313 g/mol. The van der Waals surface area contributed by atoms with E-state index in [0.29, 0.717) is 16.5 Å². The number of rotatable bonds is 3. The SMILES string of the molecule is Cc1ccc(S(=O)[O-])cc1Cc1ccc(Cl)cc1Cl. The highest BCUT2D eigenvalue weighted by Gasteiger charge is 2.06. The van der Waals surface area contributed by atoms with E-state index in [-0.39, 0.29) is 4.90 Å². The molecule has 0 saturated carbocycles. The number of benzene rings is 2. The van der Waals surface area contributed by atoms with Crippen LogP contribution in [0.2, 0.25) is 10.0 Å². The van der Waals surface area contributed by atoms with Crippen LogP contribution in [0.4, 0.5) is 0 Å². The fourth-order valence-electron chi connectivity index (χ4n) is 1.81. The van der Waals surface area contributed by atoms with Crippen molar-refractivity contribution in [3.05, 3.63) is 63.1 Å². The Balaban J connectivity index is 2.37. The van der Waals surface area contributed by atoms with E-state index < -0.39 is 11.1 Å². The summed E-state index contributed by atoms with van der Waals surface area (Å²) in [6.07, 6.45) is 0.576. The maximum absolute atomic E-state index is 11.0. The minimum Gasteiger partial charge on any atom is -0.768 e. The lowest BCUT2D eigenvalue weighted by Gasteiger charge is -2.12. The first kappa shape index (κ1) is 14.5. The quantitative estimate of drug-likeness (QED) is 0.799. The summed E-state index contributed by atoms with van der Waals surface area (Å²) < 4.78 is 22.0. The van der Waals surface area contributed by atoms with E-state index in [4.69, 9.17) is 23.2 Å². The molecule has 19 heavy (non-hydrogen) atoms. The summed E-state index contributed by atoms with van der Waals surface area (Å²) in [5.41, 5.74) is 2.88. The molecule has 2 rings (SSSR count). The fraction of sp³-hybridized carbons (Fsp3) is 0.143. The zero-order valence-electron chi connectivity index (χ0n) is 10.2. The second-order valence-corrected chi connectivity index (χ2v) is 6.02. The topological polar surface area (TPSA) is 40.1 Å². The molecule has 0 aliphatic carbocycles. The zero-order valence-corrected chi connectivity index (χ0v) is 12.5. The standard InChI is InChI=1S/C14H12Cl2O2S/c1-9-2-5-13(19(17)18)7-11(9)6-10-3-4-12(15)8-14(10)16/h2-5,7-8H,6H2,1H3,(H,17,18)/p-1. The van der Waals surface area contributed by atoms with E-state index in [9.17, 15) is 8.76 Å². The number of hydrogen-bond donors (Lipinski definition) is 0. The third-order valence-corrected chi connectivity index (χ3v) is 4.13. The predicted octanol–water partition coefficient (Wildman–Crippen LogP) is 4.13. The molecule has 2 nitrogen and oxygen atoms in total. The Morgan fingerprint density at radius 3 is 2.47 bits per heavy atom. The van der Waals surface area contributed by atoms with Crippen LogP contribution in [0.1, 0.15) is 16.7 Å². The molecule has 0 radical (unpaired) electrons. The van der Waals surface area contributed by atoms with Crippen molar-refractivity contribution in [1.82, 2.24) is 0 Å². The van der Waals surface area contributed by atoms with E-state index in [2.05, 4.69) is 0 Å². The Morgan fingerprint density at radius 2 is 1.84 bits per heavy atom. The summed E-state index contributed by atoms with van der Waals surface area (Å²) in [6, 6.07) is 10.4. The Kier molecular flexibility index (Phi) is 4.63. The number of halogens is 2. The molecule has 0 saturated heterocycles. The molecule has 0 amide bonds. The van der Waals surface area contributed by atoms with Crippen molar-refractivity contribution in [1.29, 1.82) is 0 Å². The van der Waals surface area contributed by atoms with E-state index >= 15 is 0 Å². The van der Waals surface area contributed by atoms with Crippen LogP contribution >= 0.6 is 23.2 Å². The summed E-state index contributed by atoms with van der Waals surface area (Å²) >= 11 is 9.76. The zero-order chi connectivity index (χ0) is 14.0. The van der Waals surface area contributed by atoms with E-state index in [1.807, 2.05) is 13.0 Å². The Bertz CT molecular complexity index is 641. The molecule has 0 aliphatic rings. The summed E-state index contributed by atoms with van der Waals surface area (Å²) in [5.74, 6) is 0. The van der Waals surface area contributed by atoms with Crippen LogP contribution in [-0.2, 0) is 17.5 Å². The molecule has 1 unspecified atom stereocenters. The molecule has 0 bridgehead atoms. The van der Waals surface area contributed by atoms with Gasteiger partial charge in [-0.15, -0.1) is 0 Å². The van der Waals surface area contributed by atoms with Gasteiger partial charge in [-0.2, -0.15) is 0 Å². The van der Waals surface area contributed by atoms with Gasteiger partial charge in [-0.1, -0.05) is 35.3 Å². The van der Waals surface area contributed by atoms with Crippen molar-refractivity contribution >= 4 is 34.3 Å². The average Bonchev–Trinajstić information content (AvgIpc) is 2.34. The molecule has 2 aromatic rings. The minimum absolute atomic E-state index is 0.283. The molecule has 0 spiro atoms. The van der Waals surface area contributed by atoms with Gasteiger partial charge in [0.05, 0.1) is 0 Å². The third-order valence-electron chi connectivity index (χ3n) is 2.91. The van der Waals surface area contributed by atoms with Crippen LogP contribution in [-0.4, -0.2) is 8.76 Å².